The van der Waals surface area contributed by atoms with Gasteiger partial charge in [-0.25, -0.2) is 0 Å². The lowest BCUT2D eigenvalue weighted by Crippen LogP contribution is -2.29. The standard InChI is InChI=1S/C43H24Cl2O2/c44-41(46)33-17-21-35(22-18-33)43(36-23-19-34(20-24-36)42(45)47)39-27-31(13-11-29-7-3-1-4-8-29)15-25-37(39)38-26-16-32(28-40(38)43)14-12-30-9-5-2-6-10-30/h1-10,15-28H. The SMILES string of the molecule is O=C(Cl)c1ccc(C2(c3ccc(C(=O)Cl)cc3)c3cc(C#Cc4ccccc4)ccc3-c3ccc(C#Cc4ccccc4)cc32)cc1. The number of fused-ring (bicyclic) bond motifs is 3. The molecule has 0 aromatic heterocycles. The minimum atomic E-state index is -0.846. The first-order valence-corrected chi connectivity index (χ1v) is 15.7. The highest BCUT2D eigenvalue weighted by atomic mass is 35.5. The Morgan fingerprint density at radius 3 is 1.15 bits per heavy atom. The number of carbonyl (C=O) groups excluding carboxylic acids is 2. The predicted molar refractivity (Wildman–Crippen MR) is 189 cm³/mol. The average Bonchev–Trinajstić information content (AvgIpc) is 3.40. The lowest BCUT2D eigenvalue weighted by molar-refractivity contribution is 0.107. The lowest BCUT2D eigenvalue weighted by Gasteiger charge is -2.34. The molecule has 0 N–H and O–H groups in total. The van der Waals surface area contributed by atoms with Crippen molar-refractivity contribution in [3.63, 3.8) is 0 Å². The molecule has 0 fully saturated rings. The highest BCUT2D eigenvalue weighted by Gasteiger charge is 2.46. The number of hydrogen-bond donors (Lipinski definition) is 0. The smallest absolute Gasteiger partial charge is 0.252 e. The largest absolute Gasteiger partial charge is 0.276 e. The molecule has 222 valence electrons. The van der Waals surface area contributed by atoms with Crippen molar-refractivity contribution in [3.8, 4) is 34.8 Å². The van der Waals surface area contributed by atoms with Crippen LogP contribution in [0.15, 0.2) is 146 Å². The van der Waals surface area contributed by atoms with Gasteiger partial charge in [0.15, 0.2) is 0 Å². The van der Waals surface area contributed by atoms with Crippen LogP contribution in [0.1, 0.15) is 65.2 Å². The van der Waals surface area contributed by atoms with Crippen molar-refractivity contribution in [2.75, 3.05) is 0 Å². The van der Waals surface area contributed by atoms with E-state index in [0.29, 0.717) is 11.1 Å². The van der Waals surface area contributed by atoms with Crippen LogP contribution in [0.25, 0.3) is 11.1 Å². The van der Waals surface area contributed by atoms with Gasteiger partial charge in [0.2, 0.25) is 0 Å². The zero-order valence-electron chi connectivity index (χ0n) is 24.9. The van der Waals surface area contributed by atoms with Gasteiger partial charge >= 0.3 is 0 Å². The van der Waals surface area contributed by atoms with E-state index in [4.69, 9.17) is 23.2 Å². The Bertz CT molecular complexity index is 2120. The van der Waals surface area contributed by atoms with Gasteiger partial charge in [0.05, 0.1) is 5.41 Å². The molecule has 0 radical (unpaired) electrons. The first-order valence-electron chi connectivity index (χ1n) is 15.0. The summed E-state index contributed by atoms with van der Waals surface area (Å²) in [4.78, 5) is 24.2. The zero-order valence-corrected chi connectivity index (χ0v) is 26.4. The second-order valence-electron chi connectivity index (χ2n) is 11.2. The maximum atomic E-state index is 12.1. The fraction of sp³-hybridized carbons (Fsp3) is 0.0233. The summed E-state index contributed by atoms with van der Waals surface area (Å²) in [6.07, 6.45) is 0. The minimum absolute atomic E-state index is 0.400. The van der Waals surface area contributed by atoms with E-state index in [2.05, 4.69) is 47.9 Å². The number of carbonyl (C=O) groups is 2. The lowest BCUT2D eigenvalue weighted by atomic mass is 9.67. The normalized spacial score (nSPS) is 12.0. The van der Waals surface area contributed by atoms with Crippen molar-refractivity contribution in [3.05, 3.63) is 201 Å². The van der Waals surface area contributed by atoms with E-state index in [0.717, 1.165) is 55.6 Å². The van der Waals surface area contributed by atoms with E-state index in [-0.39, 0.29) is 0 Å². The topological polar surface area (TPSA) is 34.1 Å². The van der Waals surface area contributed by atoms with Gasteiger partial charge < -0.3 is 0 Å². The summed E-state index contributed by atoms with van der Waals surface area (Å²) in [5.74, 6) is 13.3. The van der Waals surface area contributed by atoms with Gasteiger partial charge in [0, 0.05) is 33.4 Å². The van der Waals surface area contributed by atoms with Crippen LogP contribution in [0.2, 0.25) is 0 Å². The van der Waals surface area contributed by atoms with E-state index in [1.807, 2.05) is 97.1 Å². The molecular formula is C43H24Cl2O2. The predicted octanol–water partition coefficient (Wildman–Crippen LogP) is 9.61. The Morgan fingerprint density at radius 2 is 0.787 bits per heavy atom. The average molecular weight is 644 g/mol. The van der Waals surface area contributed by atoms with Crippen LogP contribution in [-0.2, 0) is 5.41 Å². The van der Waals surface area contributed by atoms with E-state index in [1.165, 1.54) is 0 Å². The Labute approximate surface area is 283 Å². The molecule has 0 unspecified atom stereocenters. The number of benzene rings is 6. The maximum Gasteiger partial charge on any atom is 0.252 e. The number of halogens is 2. The molecule has 0 aliphatic heterocycles. The van der Waals surface area contributed by atoms with Crippen molar-refractivity contribution >= 4 is 33.7 Å². The monoisotopic (exact) mass is 642 g/mol. The Balaban J connectivity index is 1.51. The van der Waals surface area contributed by atoms with Gasteiger partial charge in [-0.1, -0.05) is 96.5 Å². The third-order valence-corrected chi connectivity index (χ3v) is 8.91. The van der Waals surface area contributed by atoms with Gasteiger partial charge in [-0.2, -0.15) is 0 Å². The van der Waals surface area contributed by atoms with Crippen LogP contribution < -0.4 is 0 Å². The van der Waals surface area contributed by atoms with Crippen LogP contribution in [0.4, 0.5) is 0 Å². The maximum absolute atomic E-state index is 12.1. The van der Waals surface area contributed by atoms with Gasteiger partial charge in [0.1, 0.15) is 0 Å². The van der Waals surface area contributed by atoms with Crippen molar-refractivity contribution in [2.45, 2.75) is 5.41 Å². The molecule has 6 aromatic carbocycles. The first-order chi connectivity index (χ1) is 22.9. The molecule has 0 amide bonds. The molecule has 0 heterocycles. The number of hydrogen-bond acceptors (Lipinski definition) is 2. The van der Waals surface area contributed by atoms with E-state index in [9.17, 15) is 9.59 Å². The highest BCUT2D eigenvalue weighted by molar-refractivity contribution is 6.68. The third-order valence-electron chi connectivity index (χ3n) is 8.48. The second-order valence-corrected chi connectivity index (χ2v) is 11.9. The molecule has 1 aliphatic rings. The number of rotatable bonds is 4. The molecule has 7 rings (SSSR count). The Kier molecular flexibility index (Phi) is 8.07. The van der Waals surface area contributed by atoms with E-state index < -0.39 is 15.9 Å². The van der Waals surface area contributed by atoms with Crippen LogP contribution >= 0.6 is 23.2 Å². The Morgan fingerprint density at radius 1 is 0.426 bits per heavy atom. The van der Waals surface area contributed by atoms with Gasteiger partial charge in [-0.3, -0.25) is 9.59 Å². The molecule has 6 aromatic rings. The van der Waals surface area contributed by atoms with Crippen molar-refractivity contribution in [2.24, 2.45) is 0 Å². The van der Waals surface area contributed by atoms with E-state index in [1.54, 1.807) is 24.3 Å². The molecular weight excluding hydrogens is 619 g/mol. The fourth-order valence-corrected chi connectivity index (χ4v) is 6.55. The molecule has 2 nitrogen and oxygen atoms in total. The highest BCUT2D eigenvalue weighted by Crippen LogP contribution is 2.56. The van der Waals surface area contributed by atoms with Crippen LogP contribution in [0.5, 0.6) is 0 Å². The molecule has 4 heteroatoms. The molecule has 0 saturated heterocycles. The summed E-state index contributed by atoms with van der Waals surface area (Å²) >= 11 is 11.7. The summed E-state index contributed by atoms with van der Waals surface area (Å²) in [5, 5.41) is -1.06. The summed E-state index contributed by atoms with van der Waals surface area (Å²) in [5.41, 5.74) is 9.52. The van der Waals surface area contributed by atoms with Gasteiger partial charge in [-0.05, 0) is 129 Å². The fourth-order valence-electron chi connectivity index (χ4n) is 6.30. The molecule has 0 spiro atoms. The first kappa shape index (κ1) is 30.0. The summed E-state index contributed by atoms with van der Waals surface area (Å²) < 4.78 is 0. The molecule has 0 saturated carbocycles. The zero-order chi connectivity index (χ0) is 32.4. The molecule has 1 aliphatic carbocycles. The van der Waals surface area contributed by atoms with E-state index >= 15 is 0 Å². The van der Waals surface area contributed by atoms with Crippen molar-refractivity contribution < 1.29 is 9.59 Å². The van der Waals surface area contributed by atoms with Crippen LogP contribution in [0, 0.1) is 23.7 Å². The molecule has 0 bridgehead atoms. The van der Waals surface area contributed by atoms with Crippen LogP contribution in [-0.4, -0.2) is 10.5 Å². The summed E-state index contributed by atoms with van der Waals surface area (Å²) in [6.45, 7) is 0. The molecule has 0 atom stereocenters. The van der Waals surface area contributed by atoms with Crippen molar-refractivity contribution in [1.82, 2.24) is 0 Å². The summed E-state index contributed by atoms with van der Waals surface area (Å²) in [7, 11) is 0. The summed E-state index contributed by atoms with van der Waals surface area (Å²) in [6, 6.07) is 47.1. The van der Waals surface area contributed by atoms with Gasteiger partial charge in [-0.15, -0.1) is 0 Å². The second kappa shape index (κ2) is 12.6. The van der Waals surface area contributed by atoms with Crippen molar-refractivity contribution in [1.29, 1.82) is 0 Å². The minimum Gasteiger partial charge on any atom is -0.276 e. The van der Waals surface area contributed by atoms with Gasteiger partial charge in [0.25, 0.3) is 10.5 Å². The van der Waals surface area contributed by atoms with Crippen LogP contribution in [0.3, 0.4) is 0 Å². The third kappa shape index (κ3) is 5.67. The Hall–Kier alpha value is -5.64. The molecule has 47 heavy (non-hydrogen) atoms. The quantitative estimate of drug-likeness (QED) is 0.141.